The summed E-state index contributed by atoms with van der Waals surface area (Å²) in [5.74, 6) is 0. The summed E-state index contributed by atoms with van der Waals surface area (Å²) < 4.78 is 8.94. The summed E-state index contributed by atoms with van der Waals surface area (Å²) >= 11 is 0. The maximum atomic E-state index is 6.51. The van der Waals surface area contributed by atoms with Crippen LogP contribution in [0.15, 0.2) is 259 Å². The Morgan fingerprint density at radius 3 is 1.48 bits per heavy atom. The topological polar surface area (TPSA) is 21.3 Å². The molecule has 0 spiro atoms. The Kier molecular flexibility index (Phi) is 8.90. The van der Waals surface area contributed by atoms with Crippen molar-refractivity contribution in [2.24, 2.45) is 0 Å². The van der Waals surface area contributed by atoms with Crippen molar-refractivity contribution in [3.63, 3.8) is 0 Å². The fourth-order valence-electron chi connectivity index (χ4n) is 11.1. The lowest BCUT2D eigenvalue weighted by Crippen LogP contribution is -2.10. The number of rotatable bonds is 7. The van der Waals surface area contributed by atoms with Gasteiger partial charge in [0.05, 0.1) is 16.7 Å². The molecule has 0 fully saturated rings. The van der Waals surface area contributed by atoms with Crippen molar-refractivity contribution >= 4 is 93.1 Å². The molecular weight excluding hydrogens is 837 g/mol. The number of fused-ring (bicyclic) bond motifs is 12. The van der Waals surface area contributed by atoms with E-state index >= 15 is 0 Å². The third-order valence-electron chi connectivity index (χ3n) is 14.2. The molecule has 12 aromatic carbocycles. The Morgan fingerprint density at radius 1 is 0.275 bits per heavy atom. The number of hydrogen-bond donors (Lipinski definition) is 0. The van der Waals surface area contributed by atoms with E-state index in [1.165, 1.54) is 65.3 Å². The van der Waals surface area contributed by atoms with E-state index in [4.69, 9.17) is 4.42 Å². The minimum atomic E-state index is 0.899. The highest BCUT2D eigenvalue weighted by atomic mass is 16.3. The Bertz CT molecular complexity index is 4240. The molecule has 3 nitrogen and oxygen atoms in total. The van der Waals surface area contributed by atoms with Crippen molar-refractivity contribution in [2.75, 3.05) is 4.90 Å². The quantitative estimate of drug-likeness (QED) is 0.149. The molecule has 14 aromatic rings. The fourth-order valence-corrected chi connectivity index (χ4v) is 11.1. The molecule has 0 aliphatic carbocycles. The van der Waals surface area contributed by atoms with Gasteiger partial charge in [-0.1, -0.05) is 194 Å². The second-order valence-corrected chi connectivity index (χ2v) is 18.0. The van der Waals surface area contributed by atoms with E-state index in [1.807, 2.05) is 12.1 Å². The molecule has 0 N–H and O–H groups in total. The van der Waals surface area contributed by atoms with Gasteiger partial charge in [0.2, 0.25) is 0 Å². The molecule has 69 heavy (non-hydrogen) atoms. The smallest absolute Gasteiger partial charge is 0.143 e. The van der Waals surface area contributed by atoms with Crippen LogP contribution in [0.5, 0.6) is 0 Å². The van der Waals surface area contributed by atoms with Gasteiger partial charge in [0, 0.05) is 49.7 Å². The van der Waals surface area contributed by atoms with Gasteiger partial charge in [0.15, 0.2) is 0 Å². The van der Waals surface area contributed by atoms with Crippen molar-refractivity contribution in [2.45, 2.75) is 0 Å². The lowest BCUT2D eigenvalue weighted by Gasteiger charge is -2.27. The molecule has 14 rings (SSSR count). The summed E-state index contributed by atoms with van der Waals surface area (Å²) in [4.78, 5) is 2.41. The van der Waals surface area contributed by atoms with Gasteiger partial charge in [0.1, 0.15) is 11.2 Å². The molecule has 0 atom stereocenters. The molecule has 0 aliphatic rings. The average molecular weight is 879 g/mol. The predicted molar refractivity (Wildman–Crippen MR) is 292 cm³/mol. The highest BCUT2D eigenvalue weighted by Crippen LogP contribution is 2.45. The normalized spacial score (nSPS) is 11.8. The van der Waals surface area contributed by atoms with Crippen LogP contribution in [0.3, 0.4) is 0 Å². The third kappa shape index (κ3) is 6.21. The van der Waals surface area contributed by atoms with Crippen LogP contribution in [0.1, 0.15) is 0 Å². The van der Waals surface area contributed by atoms with Crippen molar-refractivity contribution in [1.29, 1.82) is 0 Å². The summed E-state index contributed by atoms with van der Waals surface area (Å²) in [5, 5.41) is 12.2. The largest absolute Gasteiger partial charge is 0.455 e. The minimum absolute atomic E-state index is 0.899. The first kappa shape index (κ1) is 39.0. The molecule has 0 amide bonds. The maximum Gasteiger partial charge on any atom is 0.143 e. The molecule has 0 unspecified atom stereocenters. The Morgan fingerprint density at radius 2 is 0.768 bits per heavy atom. The zero-order chi connectivity index (χ0) is 45.4. The van der Waals surface area contributed by atoms with Crippen LogP contribution in [0.2, 0.25) is 0 Å². The molecule has 322 valence electrons. The van der Waals surface area contributed by atoms with E-state index < -0.39 is 0 Å². The van der Waals surface area contributed by atoms with Crippen molar-refractivity contribution in [1.82, 2.24) is 4.57 Å². The standard InChI is InChI=1S/C66H42N2O/c1-2-20-50(56-25-7-11-31-62(56)68-63-32-12-8-26-57(63)58-27-9-13-33-64(58)68)48(19-1)44-17-15-18-46(41-44)67(47-39-40-55-53-23-4-3-21-51(53)52-22-5-6-24-54(52)61(55)42-47)45-37-35-43(36-38-45)49-29-16-30-60-59-28-10-14-34-65(59)69-66(49)60/h1-42H. The average Bonchev–Trinajstić information content (AvgIpc) is 3.97. The van der Waals surface area contributed by atoms with Gasteiger partial charge in [-0.05, 0) is 115 Å². The number of aromatic nitrogens is 1. The predicted octanol–water partition coefficient (Wildman–Crippen LogP) is 18.6. The van der Waals surface area contributed by atoms with E-state index in [-0.39, 0.29) is 0 Å². The maximum absolute atomic E-state index is 6.51. The van der Waals surface area contributed by atoms with Crippen LogP contribution in [-0.2, 0) is 0 Å². The summed E-state index contributed by atoms with van der Waals surface area (Å²) in [5.41, 5.74) is 15.4. The van der Waals surface area contributed by atoms with E-state index in [0.717, 1.165) is 66.9 Å². The highest BCUT2D eigenvalue weighted by molar-refractivity contribution is 6.26. The van der Waals surface area contributed by atoms with E-state index in [2.05, 4.69) is 252 Å². The van der Waals surface area contributed by atoms with Crippen molar-refractivity contribution in [3.8, 4) is 39.1 Å². The van der Waals surface area contributed by atoms with Gasteiger partial charge < -0.3 is 13.9 Å². The zero-order valence-corrected chi connectivity index (χ0v) is 37.6. The lowest BCUT2D eigenvalue weighted by atomic mass is 9.92. The van der Waals surface area contributed by atoms with E-state index in [9.17, 15) is 0 Å². The SMILES string of the molecule is c1cc(-c2ccccc2-c2ccccc2-n2c3ccccc3c3ccccc32)cc(N(c2ccc(-c3cccc4c3oc3ccccc34)cc2)c2ccc3c4ccccc4c4ccccc4c3c2)c1. The second kappa shape index (κ2) is 15.7. The van der Waals surface area contributed by atoms with Crippen LogP contribution >= 0.6 is 0 Å². The number of anilines is 3. The summed E-state index contributed by atoms with van der Waals surface area (Å²) in [7, 11) is 0. The summed E-state index contributed by atoms with van der Waals surface area (Å²) in [6.07, 6.45) is 0. The van der Waals surface area contributed by atoms with Gasteiger partial charge in [-0.25, -0.2) is 0 Å². The van der Waals surface area contributed by atoms with Gasteiger partial charge in [0.25, 0.3) is 0 Å². The molecule has 0 radical (unpaired) electrons. The Hall–Kier alpha value is -9.18. The summed E-state index contributed by atoms with van der Waals surface area (Å²) in [6.45, 7) is 0. The van der Waals surface area contributed by atoms with Crippen LogP contribution in [0, 0.1) is 0 Å². The molecule has 0 bridgehead atoms. The van der Waals surface area contributed by atoms with Crippen molar-refractivity contribution in [3.05, 3.63) is 255 Å². The summed E-state index contributed by atoms with van der Waals surface area (Å²) in [6, 6.07) is 92.5. The van der Waals surface area contributed by atoms with Gasteiger partial charge >= 0.3 is 0 Å². The number of para-hydroxylation sites is 5. The van der Waals surface area contributed by atoms with E-state index in [1.54, 1.807) is 0 Å². The second-order valence-electron chi connectivity index (χ2n) is 18.0. The molecular formula is C66H42N2O. The lowest BCUT2D eigenvalue weighted by molar-refractivity contribution is 0.670. The Balaban J connectivity index is 0.946. The van der Waals surface area contributed by atoms with Crippen LogP contribution in [-0.4, -0.2) is 4.57 Å². The van der Waals surface area contributed by atoms with Crippen LogP contribution < -0.4 is 4.90 Å². The fraction of sp³-hybridized carbons (Fsp3) is 0. The minimum Gasteiger partial charge on any atom is -0.455 e. The number of furan rings is 1. The third-order valence-corrected chi connectivity index (χ3v) is 14.2. The number of hydrogen-bond acceptors (Lipinski definition) is 2. The van der Waals surface area contributed by atoms with Crippen molar-refractivity contribution < 1.29 is 4.42 Å². The van der Waals surface area contributed by atoms with Gasteiger partial charge in [-0.2, -0.15) is 0 Å². The van der Waals surface area contributed by atoms with Gasteiger partial charge in [-0.3, -0.25) is 0 Å². The molecule has 2 heterocycles. The number of nitrogens with zero attached hydrogens (tertiary/aromatic N) is 2. The Labute approximate surface area is 399 Å². The first-order chi connectivity index (χ1) is 34.2. The molecule has 0 aliphatic heterocycles. The molecule has 3 heteroatoms. The highest BCUT2D eigenvalue weighted by Gasteiger charge is 2.21. The van der Waals surface area contributed by atoms with Crippen LogP contribution in [0.25, 0.3) is 115 Å². The monoisotopic (exact) mass is 878 g/mol. The van der Waals surface area contributed by atoms with E-state index in [0.29, 0.717) is 0 Å². The first-order valence-corrected chi connectivity index (χ1v) is 23.7. The molecule has 2 aromatic heterocycles. The molecule has 0 saturated carbocycles. The van der Waals surface area contributed by atoms with Gasteiger partial charge in [-0.15, -0.1) is 0 Å². The molecule has 0 saturated heterocycles. The van der Waals surface area contributed by atoms with Crippen LogP contribution in [0.4, 0.5) is 17.1 Å². The number of benzene rings is 12. The zero-order valence-electron chi connectivity index (χ0n) is 37.6. The first-order valence-electron chi connectivity index (χ1n) is 23.7.